The van der Waals surface area contributed by atoms with E-state index in [-0.39, 0.29) is 11.0 Å². The molecule has 0 saturated heterocycles. The Kier molecular flexibility index (Phi) is 5.36. The van der Waals surface area contributed by atoms with Crippen LogP contribution in [0.4, 0.5) is 0 Å². The van der Waals surface area contributed by atoms with Gasteiger partial charge in [-0.1, -0.05) is 6.07 Å². The van der Waals surface area contributed by atoms with Crippen molar-refractivity contribution in [3.05, 3.63) is 29.3 Å². The van der Waals surface area contributed by atoms with Crippen LogP contribution in [-0.4, -0.2) is 31.3 Å². The van der Waals surface area contributed by atoms with Crippen molar-refractivity contribution < 1.29 is 14.3 Å². The van der Waals surface area contributed by atoms with Gasteiger partial charge in [0.1, 0.15) is 5.75 Å². The first-order valence-electron chi connectivity index (χ1n) is 10.3. The maximum Gasteiger partial charge on any atom is 0.213 e. The second-order valence-corrected chi connectivity index (χ2v) is 9.22. The highest BCUT2D eigenvalue weighted by Crippen LogP contribution is 2.58. The predicted molar refractivity (Wildman–Crippen MR) is 112 cm³/mol. The number of rotatable bonds is 6. The number of hydrogen-bond donors (Lipinski definition) is 2. The van der Waals surface area contributed by atoms with Gasteiger partial charge in [0.15, 0.2) is 5.11 Å². The number of nitrogens with one attached hydrogen (secondary N) is 2. The van der Waals surface area contributed by atoms with Crippen molar-refractivity contribution in [1.29, 1.82) is 0 Å². The van der Waals surface area contributed by atoms with E-state index in [4.69, 9.17) is 21.7 Å². The van der Waals surface area contributed by atoms with Gasteiger partial charge in [-0.05, 0) is 93.3 Å². The molecule has 1 aromatic rings. The zero-order valence-corrected chi connectivity index (χ0v) is 17.6. The summed E-state index contributed by atoms with van der Waals surface area (Å²) in [5, 5.41) is 6.50. The molecule has 3 aliphatic carbocycles. The Hall–Kier alpha value is -1.66. The summed E-state index contributed by atoms with van der Waals surface area (Å²) in [5.41, 5.74) is 2.28. The fourth-order valence-corrected chi connectivity index (χ4v) is 5.42. The van der Waals surface area contributed by atoms with Gasteiger partial charge in [0.25, 0.3) is 0 Å². The lowest BCUT2D eigenvalue weighted by Crippen LogP contribution is -2.57. The molecule has 0 bridgehead atoms. The number of thiocarbonyl (C=S) groups is 1. The molecular weight excluding hydrogens is 372 g/mol. The van der Waals surface area contributed by atoms with E-state index in [9.17, 15) is 4.79 Å². The van der Waals surface area contributed by atoms with Crippen LogP contribution in [-0.2, 0) is 21.5 Å². The van der Waals surface area contributed by atoms with E-state index in [1.54, 1.807) is 7.11 Å². The standard InChI is InChI=1S/C22H30N2O3S/c1-21(24-20(28)23-14-25)19-11-18(27-13-15-3-4-15)6-5-16(19)12-22(21)9-7-17(26-2)8-10-22/h5-6,11,14-15,17H,3-4,7-10,12-13H2,1-2H3,(H2,23,24,25,28). The Morgan fingerprint density at radius 1 is 1.29 bits per heavy atom. The fraction of sp³-hybridized carbons (Fsp3) is 0.636. The van der Waals surface area contributed by atoms with Crippen LogP contribution in [0.5, 0.6) is 5.75 Å². The highest BCUT2D eigenvalue weighted by Gasteiger charge is 2.56. The number of carbonyl (C=O) groups is 1. The Morgan fingerprint density at radius 2 is 2.04 bits per heavy atom. The van der Waals surface area contributed by atoms with Crippen molar-refractivity contribution in [2.24, 2.45) is 11.3 Å². The molecule has 28 heavy (non-hydrogen) atoms. The van der Waals surface area contributed by atoms with Gasteiger partial charge in [0.05, 0.1) is 18.2 Å². The normalized spacial score (nSPS) is 31.3. The summed E-state index contributed by atoms with van der Waals surface area (Å²) >= 11 is 5.41. The van der Waals surface area contributed by atoms with Crippen molar-refractivity contribution in [3.8, 4) is 5.75 Å². The van der Waals surface area contributed by atoms with Crippen LogP contribution in [0.3, 0.4) is 0 Å². The molecule has 0 aliphatic heterocycles. The van der Waals surface area contributed by atoms with Crippen LogP contribution in [0.1, 0.15) is 56.6 Å². The topological polar surface area (TPSA) is 59.6 Å². The second kappa shape index (κ2) is 7.64. The third kappa shape index (κ3) is 3.52. The maximum absolute atomic E-state index is 10.9. The predicted octanol–water partition coefficient (Wildman–Crippen LogP) is 3.44. The van der Waals surface area contributed by atoms with E-state index in [0.717, 1.165) is 50.4 Å². The van der Waals surface area contributed by atoms with Gasteiger partial charge in [0, 0.05) is 12.5 Å². The van der Waals surface area contributed by atoms with Crippen LogP contribution >= 0.6 is 12.2 Å². The van der Waals surface area contributed by atoms with Crippen LogP contribution < -0.4 is 15.4 Å². The Labute approximate surface area is 172 Å². The van der Waals surface area contributed by atoms with Gasteiger partial charge in [-0.2, -0.15) is 0 Å². The first-order valence-corrected chi connectivity index (χ1v) is 10.7. The Balaban J connectivity index is 1.65. The number of methoxy groups -OCH3 is 1. The number of fused-ring (bicyclic) bond motifs is 1. The summed E-state index contributed by atoms with van der Waals surface area (Å²) in [5.74, 6) is 1.65. The van der Waals surface area contributed by atoms with Crippen molar-refractivity contribution >= 4 is 23.7 Å². The van der Waals surface area contributed by atoms with Crippen molar-refractivity contribution in [2.75, 3.05) is 13.7 Å². The molecule has 0 heterocycles. The van der Waals surface area contributed by atoms with Crippen molar-refractivity contribution in [2.45, 2.75) is 63.5 Å². The fourth-order valence-electron chi connectivity index (χ4n) is 5.16. The minimum absolute atomic E-state index is 0.0497. The van der Waals surface area contributed by atoms with E-state index in [1.165, 1.54) is 24.0 Å². The van der Waals surface area contributed by atoms with Crippen molar-refractivity contribution in [3.63, 3.8) is 0 Å². The van der Waals surface area contributed by atoms with Gasteiger partial charge in [-0.15, -0.1) is 0 Å². The zero-order chi connectivity index (χ0) is 19.8. The monoisotopic (exact) mass is 402 g/mol. The lowest BCUT2D eigenvalue weighted by Gasteiger charge is -2.49. The van der Waals surface area contributed by atoms with Gasteiger partial charge in [-0.3, -0.25) is 4.79 Å². The number of benzene rings is 1. The quantitative estimate of drug-likeness (QED) is 0.564. The second-order valence-electron chi connectivity index (χ2n) is 8.81. The Bertz CT molecular complexity index is 756. The average molecular weight is 403 g/mol. The molecule has 2 saturated carbocycles. The minimum Gasteiger partial charge on any atom is -0.493 e. The molecule has 3 aliphatic rings. The molecule has 1 unspecified atom stereocenters. The van der Waals surface area contributed by atoms with Crippen LogP contribution in [0.2, 0.25) is 0 Å². The number of carbonyl (C=O) groups excluding carboxylic acids is 1. The number of ether oxygens (including phenoxy) is 2. The molecule has 2 fully saturated rings. The first kappa shape index (κ1) is 19.6. The molecule has 1 atom stereocenters. The minimum atomic E-state index is -0.354. The van der Waals surface area contributed by atoms with Gasteiger partial charge < -0.3 is 20.1 Å². The first-order chi connectivity index (χ1) is 13.5. The molecule has 2 N–H and O–H groups in total. The van der Waals surface area contributed by atoms with E-state index in [0.29, 0.717) is 17.6 Å². The molecule has 5 nitrogen and oxygen atoms in total. The molecule has 1 amide bonds. The molecular formula is C22H30N2O3S. The molecule has 1 spiro atoms. The third-order valence-electron chi connectivity index (χ3n) is 7.17. The van der Waals surface area contributed by atoms with Crippen LogP contribution in [0.25, 0.3) is 0 Å². The highest BCUT2D eigenvalue weighted by atomic mass is 32.1. The SMILES string of the molecule is COC1CCC2(CC1)Cc1ccc(OCC3CC3)cc1C2(C)NC(=S)NC=O. The summed E-state index contributed by atoms with van der Waals surface area (Å²) in [6.45, 7) is 3.03. The smallest absolute Gasteiger partial charge is 0.213 e. The van der Waals surface area contributed by atoms with Crippen molar-refractivity contribution in [1.82, 2.24) is 10.6 Å². The van der Waals surface area contributed by atoms with E-state index in [2.05, 4.69) is 35.8 Å². The molecule has 1 aromatic carbocycles. The average Bonchev–Trinajstić information content (AvgIpc) is 3.49. The highest BCUT2D eigenvalue weighted by molar-refractivity contribution is 7.80. The van der Waals surface area contributed by atoms with Gasteiger partial charge in [-0.25, -0.2) is 0 Å². The van der Waals surface area contributed by atoms with Crippen LogP contribution in [0, 0.1) is 11.3 Å². The third-order valence-corrected chi connectivity index (χ3v) is 7.39. The molecule has 152 valence electrons. The number of amides is 1. The summed E-state index contributed by atoms with van der Waals surface area (Å²) in [7, 11) is 1.80. The largest absolute Gasteiger partial charge is 0.493 e. The lowest BCUT2D eigenvalue weighted by atomic mass is 9.62. The zero-order valence-electron chi connectivity index (χ0n) is 16.8. The molecule has 4 rings (SSSR count). The molecule has 6 heteroatoms. The van der Waals surface area contributed by atoms with Gasteiger partial charge >= 0.3 is 0 Å². The van der Waals surface area contributed by atoms with E-state index in [1.807, 2.05) is 0 Å². The summed E-state index contributed by atoms with van der Waals surface area (Å²) in [6.07, 6.45) is 8.74. The Morgan fingerprint density at radius 3 is 2.68 bits per heavy atom. The lowest BCUT2D eigenvalue weighted by molar-refractivity contribution is -0.108. The van der Waals surface area contributed by atoms with E-state index < -0.39 is 0 Å². The summed E-state index contributed by atoms with van der Waals surface area (Å²) < 4.78 is 11.7. The summed E-state index contributed by atoms with van der Waals surface area (Å²) in [4.78, 5) is 10.9. The molecule has 0 aromatic heterocycles. The van der Waals surface area contributed by atoms with E-state index >= 15 is 0 Å². The van der Waals surface area contributed by atoms with Crippen LogP contribution in [0.15, 0.2) is 18.2 Å². The molecule has 0 radical (unpaired) electrons. The summed E-state index contributed by atoms with van der Waals surface area (Å²) in [6, 6.07) is 6.50. The number of hydrogen-bond acceptors (Lipinski definition) is 4. The maximum atomic E-state index is 10.9. The van der Waals surface area contributed by atoms with Gasteiger partial charge in [0.2, 0.25) is 6.41 Å².